The van der Waals surface area contributed by atoms with Crippen LogP contribution in [0.2, 0.25) is 10.6 Å². The molecule has 0 bridgehead atoms. The molecule has 0 saturated carbocycles. The van der Waals surface area contributed by atoms with Gasteiger partial charge in [0.25, 0.3) is 0 Å². The molecule has 3 heteroatoms. The Morgan fingerprint density at radius 2 is 1.60 bits per heavy atom. The van der Waals surface area contributed by atoms with Crippen LogP contribution >= 0.6 is 0 Å². The minimum absolute atomic E-state index is 0.913. The Balaban J connectivity index is 2.17. The molecule has 0 atom stereocenters. The highest BCUT2D eigenvalue weighted by molar-refractivity contribution is 6.52. The molecule has 0 aliphatic carbocycles. The lowest BCUT2D eigenvalue weighted by molar-refractivity contribution is 0.568. The Bertz CT molecular complexity index is 550. The molecule has 0 aliphatic rings. The fourth-order valence-electron chi connectivity index (χ4n) is 1.98. The standard InChI is InChI=1S/C13H11NO.2C2H5.Al/c15-13-9-5-4-8-12(13)14-10-11-6-2-1-3-7-11;2*1-2;/h1-10,15H;2*1H2,2H3;/q;;;+1/p-1. The summed E-state index contributed by atoms with van der Waals surface area (Å²) in [6, 6.07) is 18.2. The van der Waals surface area contributed by atoms with Crippen LogP contribution in [0.3, 0.4) is 0 Å². The first-order valence-corrected chi connectivity index (χ1v) is 9.28. The Labute approximate surface area is 125 Å². The smallest absolute Gasteiger partial charge is 0.546 e. The van der Waals surface area contributed by atoms with Crippen LogP contribution in [-0.2, 0) is 0 Å². The van der Waals surface area contributed by atoms with Gasteiger partial charge in [-0.05, 0) is 17.7 Å². The predicted molar refractivity (Wildman–Crippen MR) is 87.5 cm³/mol. The van der Waals surface area contributed by atoms with E-state index in [1.54, 1.807) is 0 Å². The van der Waals surface area contributed by atoms with E-state index in [-0.39, 0.29) is 0 Å². The summed E-state index contributed by atoms with van der Waals surface area (Å²) in [5, 5.41) is 2.29. The van der Waals surface area contributed by atoms with E-state index in [2.05, 4.69) is 18.8 Å². The third-order valence-electron chi connectivity index (χ3n) is 3.22. The summed E-state index contributed by atoms with van der Waals surface area (Å²) >= 11 is -1.12. The van der Waals surface area contributed by atoms with Gasteiger partial charge < -0.3 is 3.79 Å². The van der Waals surface area contributed by atoms with E-state index >= 15 is 0 Å². The van der Waals surface area contributed by atoms with Crippen molar-refractivity contribution in [2.24, 2.45) is 4.99 Å². The second-order valence-electron chi connectivity index (χ2n) is 4.69. The van der Waals surface area contributed by atoms with Crippen LogP contribution in [-0.4, -0.2) is 20.7 Å². The SMILES string of the molecule is C[CH2][Al]([CH2]C)[O]c1ccccc1N=Cc1ccccc1. The molecule has 0 amide bonds. The second-order valence-corrected chi connectivity index (χ2v) is 7.81. The maximum atomic E-state index is 6.16. The number of benzene rings is 2. The van der Waals surface area contributed by atoms with Gasteiger partial charge in [0.05, 0.1) is 0 Å². The van der Waals surface area contributed by atoms with Crippen molar-refractivity contribution in [1.29, 1.82) is 0 Å². The molecule has 0 heterocycles. The Kier molecular flexibility index (Phi) is 5.86. The van der Waals surface area contributed by atoms with Crippen molar-refractivity contribution in [3.05, 3.63) is 60.2 Å². The van der Waals surface area contributed by atoms with Crippen molar-refractivity contribution in [2.75, 3.05) is 0 Å². The van der Waals surface area contributed by atoms with Crippen molar-refractivity contribution < 1.29 is 3.79 Å². The van der Waals surface area contributed by atoms with Gasteiger partial charge in [-0.2, -0.15) is 0 Å². The van der Waals surface area contributed by atoms with Crippen LogP contribution in [0.1, 0.15) is 19.4 Å². The van der Waals surface area contributed by atoms with Gasteiger partial charge >= 0.3 is 14.5 Å². The lowest BCUT2D eigenvalue weighted by Gasteiger charge is -2.14. The molecular weight excluding hydrogens is 261 g/mol. The number of nitrogens with zero attached hydrogens (tertiary/aromatic N) is 1. The topological polar surface area (TPSA) is 21.6 Å². The summed E-state index contributed by atoms with van der Waals surface area (Å²) in [5.74, 6) is 0.917. The number of rotatable bonds is 6. The molecule has 20 heavy (non-hydrogen) atoms. The Morgan fingerprint density at radius 1 is 0.950 bits per heavy atom. The Morgan fingerprint density at radius 3 is 2.30 bits per heavy atom. The maximum Gasteiger partial charge on any atom is 0.546 e. The van der Waals surface area contributed by atoms with E-state index in [0.29, 0.717) is 0 Å². The highest BCUT2D eigenvalue weighted by Crippen LogP contribution is 2.28. The number of aliphatic imine (C=N–C) groups is 1. The summed E-state index contributed by atoms with van der Waals surface area (Å²) < 4.78 is 6.16. The van der Waals surface area contributed by atoms with E-state index < -0.39 is 14.5 Å². The predicted octanol–water partition coefficient (Wildman–Crippen LogP) is 4.85. The molecular formula is C17H20AlNO. The second kappa shape index (κ2) is 7.89. The molecule has 2 rings (SSSR count). The summed E-state index contributed by atoms with van der Waals surface area (Å²) in [7, 11) is 0. The molecule has 2 aromatic rings. The first-order chi connectivity index (χ1) is 9.83. The Hall–Kier alpha value is -1.56. The number of para-hydroxylation sites is 2. The largest absolute Gasteiger partial charge is 0.641 e. The van der Waals surface area contributed by atoms with Gasteiger partial charge in [-0.15, -0.1) is 0 Å². The van der Waals surface area contributed by atoms with E-state index in [0.717, 1.165) is 27.6 Å². The monoisotopic (exact) mass is 281 g/mol. The summed E-state index contributed by atoms with van der Waals surface area (Å²) in [6.07, 6.45) is 1.89. The molecule has 102 valence electrons. The number of hydrogen-bond acceptors (Lipinski definition) is 2. The number of hydrogen-bond donors (Lipinski definition) is 0. The molecule has 0 unspecified atom stereocenters. The normalized spacial score (nSPS) is 10.7. The molecule has 0 radical (unpaired) electrons. The van der Waals surface area contributed by atoms with Gasteiger partial charge in [-0.25, -0.2) is 0 Å². The molecule has 2 nitrogen and oxygen atoms in total. The van der Waals surface area contributed by atoms with E-state index in [4.69, 9.17) is 3.79 Å². The summed E-state index contributed by atoms with van der Waals surface area (Å²) in [6.45, 7) is 4.41. The highest BCUT2D eigenvalue weighted by atomic mass is 27.2. The van der Waals surface area contributed by atoms with E-state index in [1.165, 1.54) is 0 Å². The molecule has 0 saturated heterocycles. The van der Waals surface area contributed by atoms with Crippen molar-refractivity contribution in [2.45, 2.75) is 24.4 Å². The van der Waals surface area contributed by atoms with Gasteiger partial charge in [0.15, 0.2) is 0 Å². The van der Waals surface area contributed by atoms with Crippen LogP contribution in [0.4, 0.5) is 5.69 Å². The van der Waals surface area contributed by atoms with Gasteiger partial charge in [0.2, 0.25) is 0 Å². The molecule has 0 aromatic heterocycles. The van der Waals surface area contributed by atoms with Crippen molar-refractivity contribution in [1.82, 2.24) is 0 Å². The zero-order valence-electron chi connectivity index (χ0n) is 12.1. The molecule has 0 N–H and O–H groups in total. The minimum Gasteiger partial charge on any atom is -0.641 e. The van der Waals surface area contributed by atoms with Crippen LogP contribution in [0.15, 0.2) is 59.6 Å². The van der Waals surface area contributed by atoms with Crippen LogP contribution in [0.5, 0.6) is 5.75 Å². The fraction of sp³-hybridized carbons (Fsp3) is 0.235. The minimum atomic E-state index is -1.12. The molecule has 0 spiro atoms. The quantitative estimate of drug-likeness (QED) is 0.548. The van der Waals surface area contributed by atoms with Crippen molar-refractivity contribution in [3.63, 3.8) is 0 Å². The average molecular weight is 281 g/mol. The van der Waals surface area contributed by atoms with Crippen LogP contribution in [0, 0.1) is 0 Å². The first kappa shape index (κ1) is 14.8. The zero-order chi connectivity index (χ0) is 14.2. The van der Waals surface area contributed by atoms with Crippen LogP contribution < -0.4 is 3.79 Å². The molecule has 0 aliphatic heterocycles. The van der Waals surface area contributed by atoms with Gasteiger partial charge in [-0.3, -0.25) is 4.99 Å². The van der Waals surface area contributed by atoms with Gasteiger partial charge in [-0.1, -0.05) is 66.9 Å². The fourth-order valence-corrected chi connectivity index (χ4v) is 3.45. The zero-order valence-corrected chi connectivity index (χ0v) is 13.3. The van der Waals surface area contributed by atoms with Gasteiger partial charge in [0, 0.05) is 6.21 Å². The average Bonchev–Trinajstić information content (AvgIpc) is 2.52. The van der Waals surface area contributed by atoms with E-state index in [9.17, 15) is 0 Å². The highest BCUT2D eigenvalue weighted by Gasteiger charge is 2.18. The third kappa shape index (κ3) is 4.23. The lowest BCUT2D eigenvalue weighted by atomic mass is 10.2. The molecule has 2 aromatic carbocycles. The first-order valence-electron chi connectivity index (χ1n) is 7.18. The third-order valence-corrected chi connectivity index (χ3v) is 5.63. The summed E-state index contributed by atoms with van der Waals surface area (Å²) in [5.41, 5.74) is 2.01. The maximum absolute atomic E-state index is 6.16. The van der Waals surface area contributed by atoms with Crippen molar-refractivity contribution >= 4 is 26.4 Å². The van der Waals surface area contributed by atoms with Gasteiger partial charge in [0.1, 0.15) is 11.4 Å². The van der Waals surface area contributed by atoms with Crippen molar-refractivity contribution in [3.8, 4) is 5.75 Å². The molecule has 0 fully saturated rings. The van der Waals surface area contributed by atoms with E-state index in [1.807, 2.05) is 60.8 Å². The summed E-state index contributed by atoms with van der Waals surface area (Å²) in [4.78, 5) is 4.57. The van der Waals surface area contributed by atoms with Crippen LogP contribution in [0.25, 0.3) is 0 Å². The lowest BCUT2D eigenvalue weighted by Crippen LogP contribution is -2.18.